The molecule has 3 heterocycles. The maximum absolute atomic E-state index is 12.8. The second-order valence-corrected chi connectivity index (χ2v) is 7.07. The molecule has 0 unspecified atom stereocenters. The lowest BCUT2D eigenvalue weighted by Gasteiger charge is -2.34. The number of carbonyl (C=O) groups is 1. The molecule has 7 nitrogen and oxygen atoms in total. The highest BCUT2D eigenvalue weighted by Crippen LogP contribution is 2.25. The van der Waals surface area contributed by atoms with Crippen LogP contribution in [0, 0.1) is 0 Å². The Balaban J connectivity index is 1.47. The summed E-state index contributed by atoms with van der Waals surface area (Å²) in [7, 11) is 0. The molecule has 0 bridgehead atoms. The molecule has 3 atom stereocenters. The highest BCUT2D eigenvalue weighted by Gasteiger charge is 2.37. The molecule has 138 valence electrons. The van der Waals surface area contributed by atoms with Crippen molar-refractivity contribution >= 4 is 16.8 Å². The van der Waals surface area contributed by atoms with E-state index in [2.05, 4.69) is 15.2 Å². The monoisotopic (exact) mass is 357 g/mol. The van der Waals surface area contributed by atoms with E-state index in [-0.39, 0.29) is 30.2 Å². The minimum atomic E-state index is -0.280. The first-order valence-electron chi connectivity index (χ1n) is 9.03. The third kappa shape index (κ3) is 3.38. The van der Waals surface area contributed by atoms with E-state index < -0.39 is 0 Å². The number of pyridine rings is 1. The van der Waals surface area contributed by atoms with Crippen molar-refractivity contribution in [2.75, 3.05) is 26.3 Å². The highest BCUT2D eigenvalue weighted by molar-refractivity contribution is 6.06. The Morgan fingerprint density at radius 1 is 1.35 bits per heavy atom. The van der Waals surface area contributed by atoms with Gasteiger partial charge >= 0.3 is 0 Å². The zero-order chi connectivity index (χ0) is 18.1. The molecule has 1 amide bonds. The second-order valence-electron chi connectivity index (χ2n) is 7.07. The number of fused-ring (bicyclic) bond motifs is 2. The van der Waals surface area contributed by atoms with Gasteiger partial charge in [0.05, 0.1) is 18.3 Å². The van der Waals surface area contributed by atoms with Crippen LogP contribution in [0.2, 0.25) is 0 Å². The summed E-state index contributed by atoms with van der Waals surface area (Å²) in [5.41, 5.74) is 0.788. The number of hydrogen-bond acceptors (Lipinski definition) is 5. The maximum atomic E-state index is 12.8. The summed E-state index contributed by atoms with van der Waals surface area (Å²) in [5, 5.41) is 12.9. The molecule has 0 spiro atoms. The number of para-hydroxylation sites is 1. The first-order chi connectivity index (χ1) is 12.6. The van der Waals surface area contributed by atoms with Gasteiger partial charge in [-0.1, -0.05) is 18.2 Å². The first kappa shape index (κ1) is 17.2. The molecule has 4 rings (SSSR count). The van der Waals surface area contributed by atoms with Crippen molar-refractivity contribution in [3.8, 4) is 0 Å². The number of rotatable bonds is 4. The van der Waals surface area contributed by atoms with Crippen LogP contribution in [0.1, 0.15) is 23.2 Å². The summed E-state index contributed by atoms with van der Waals surface area (Å²) in [6, 6.07) is 9.00. The Morgan fingerprint density at radius 2 is 2.19 bits per heavy atom. The molecule has 3 N–H and O–H groups in total. The molecule has 26 heavy (non-hydrogen) atoms. The van der Waals surface area contributed by atoms with Crippen LogP contribution >= 0.6 is 0 Å². The molecule has 2 saturated heterocycles. The van der Waals surface area contributed by atoms with Gasteiger partial charge in [0.25, 0.3) is 5.91 Å². The number of H-pyrrole nitrogens is 1. The van der Waals surface area contributed by atoms with Crippen LogP contribution in [0.4, 0.5) is 0 Å². The lowest BCUT2D eigenvalue weighted by Crippen LogP contribution is -2.46. The van der Waals surface area contributed by atoms with E-state index >= 15 is 0 Å². The molecular formula is C19H23N3O4. The number of aromatic nitrogens is 1. The van der Waals surface area contributed by atoms with Crippen molar-refractivity contribution in [2.45, 2.75) is 31.0 Å². The minimum Gasteiger partial charge on any atom is -0.396 e. The van der Waals surface area contributed by atoms with Crippen LogP contribution in [0.15, 0.2) is 35.1 Å². The average molecular weight is 357 g/mol. The summed E-state index contributed by atoms with van der Waals surface area (Å²) in [6.45, 7) is 2.30. The van der Waals surface area contributed by atoms with Crippen LogP contribution in [0.3, 0.4) is 0 Å². The molecular weight excluding hydrogens is 334 g/mol. The molecule has 1 aromatic carbocycles. The van der Waals surface area contributed by atoms with E-state index in [0.717, 1.165) is 24.9 Å². The lowest BCUT2D eigenvalue weighted by atomic mass is 10.1. The third-order valence-corrected chi connectivity index (χ3v) is 5.27. The van der Waals surface area contributed by atoms with Crippen LogP contribution in [-0.4, -0.2) is 65.4 Å². The van der Waals surface area contributed by atoms with E-state index in [1.807, 2.05) is 18.2 Å². The Labute approximate surface area is 151 Å². The van der Waals surface area contributed by atoms with Gasteiger partial charge in [0.2, 0.25) is 5.56 Å². The van der Waals surface area contributed by atoms with E-state index in [1.165, 1.54) is 6.07 Å². The number of ether oxygens (including phenoxy) is 1. The summed E-state index contributed by atoms with van der Waals surface area (Å²) < 4.78 is 5.78. The second kappa shape index (κ2) is 7.19. The molecule has 0 aliphatic carbocycles. The zero-order valence-corrected chi connectivity index (χ0v) is 14.5. The number of nitrogens with one attached hydrogen (secondary N) is 2. The van der Waals surface area contributed by atoms with Crippen molar-refractivity contribution in [3.63, 3.8) is 0 Å². The van der Waals surface area contributed by atoms with Gasteiger partial charge in [-0.15, -0.1) is 0 Å². The van der Waals surface area contributed by atoms with Crippen LogP contribution < -0.4 is 10.9 Å². The Hall–Kier alpha value is -2.22. The lowest BCUT2D eigenvalue weighted by molar-refractivity contribution is -0.0566. The van der Waals surface area contributed by atoms with E-state index in [9.17, 15) is 9.59 Å². The molecule has 7 heteroatoms. The number of amides is 1. The summed E-state index contributed by atoms with van der Waals surface area (Å²) in [5.74, 6) is -0.218. The normalized spacial score (nSPS) is 26.0. The van der Waals surface area contributed by atoms with Crippen molar-refractivity contribution < 1.29 is 14.6 Å². The number of aliphatic hydroxyl groups excluding tert-OH is 1. The number of benzene rings is 1. The molecule has 2 aliphatic heterocycles. The zero-order valence-electron chi connectivity index (χ0n) is 14.5. The van der Waals surface area contributed by atoms with Gasteiger partial charge in [-0.2, -0.15) is 0 Å². The number of morpholine rings is 1. The quantitative estimate of drug-likeness (QED) is 0.740. The SMILES string of the molecule is O=C(N[C@@H]1C[C@H]2CO[C@@H](CCO)CN2C1)c1cc(=O)[nH]c2ccccc12. The highest BCUT2D eigenvalue weighted by atomic mass is 16.5. The smallest absolute Gasteiger partial charge is 0.252 e. The predicted octanol–water partition coefficient (Wildman–Crippen LogP) is 0.482. The number of hydrogen-bond donors (Lipinski definition) is 3. The van der Waals surface area contributed by atoms with Gasteiger partial charge in [-0.05, 0) is 18.9 Å². The van der Waals surface area contributed by atoms with Crippen LogP contribution in [-0.2, 0) is 4.74 Å². The molecule has 0 radical (unpaired) electrons. The van der Waals surface area contributed by atoms with Crippen LogP contribution in [0.5, 0.6) is 0 Å². The van der Waals surface area contributed by atoms with E-state index in [4.69, 9.17) is 9.84 Å². The fourth-order valence-electron chi connectivity index (χ4n) is 4.02. The van der Waals surface area contributed by atoms with Gasteiger partial charge < -0.3 is 20.1 Å². The standard InChI is InChI=1S/C19H23N3O4/c23-6-5-14-10-22-9-12(7-13(22)11-26-14)20-19(25)16-8-18(24)21-17-4-2-1-3-15(16)17/h1-4,8,12-14,23H,5-7,9-11H2,(H,20,25)(H,21,24)/t12-,13+,14+/m1/s1. The third-order valence-electron chi connectivity index (χ3n) is 5.27. The van der Waals surface area contributed by atoms with Crippen molar-refractivity contribution in [2.24, 2.45) is 0 Å². The molecule has 0 saturated carbocycles. The van der Waals surface area contributed by atoms with Gasteiger partial charge in [0, 0.05) is 48.7 Å². The molecule has 2 aliphatic rings. The van der Waals surface area contributed by atoms with E-state index in [0.29, 0.717) is 30.1 Å². The fraction of sp³-hybridized carbons (Fsp3) is 0.474. The van der Waals surface area contributed by atoms with Crippen molar-refractivity contribution in [1.82, 2.24) is 15.2 Å². The largest absolute Gasteiger partial charge is 0.396 e. The summed E-state index contributed by atoms with van der Waals surface area (Å²) >= 11 is 0. The summed E-state index contributed by atoms with van der Waals surface area (Å²) in [4.78, 5) is 29.7. The van der Waals surface area contributed by atoms with E-state index in [1.54, 1.807) is 6.07 Å². The Bertz CT molecular complexity index is 865. The van der Waals surface area contributed by atoms with Gasteiger partial charge in [0.15, 0.2) is 0 Å². The number of nitrogens with zero attached hydrogens (tertiary/aromatic N) is 1. The van der Waals surface area contributed by atoms with Gasteiger partial charge in [-0.3, -0.25) is 14.5 Å². The fourth-order valence-corrected chi connectivity index (χ4v) is 4.02. The van der Waals surface area contributed by atoms with Crippen molar-refractivity contribution in [1.29, 1.82) is 0 Å². The Morgan fingerprint density at radius 3 is 3.04 bits per heavy atom. The van der Waals surface area contributed by atoms with Crippen molar-refractivity contribution in [3.05, 3.63) is 46.2 Å². The number of aliphatic hydroxyl groups is 1. The molecule has 2 aromatic rings. The van der Waals surface area contributed by atoms with Gasteiger partial charge in [0.1, 0.15) is 0 Å². The molecule has 2 fully saturated rings. The van der Waals surface area contributed by atoms with Crippen LogP contribution in [0.25, 0.3) is 10.9 Å². The summed E-state index contributed by atoms with van der Waals surface area (Å²) in [6.07, 6.45) is 1.53. The average Bonchev–Trinajstić information content (AvgIpc) is 3.02. The number of aromatic amines is 1. The first-order valence-corrected chi connectivity index (χ1v) is 9.03. The minimum absolute atomic E-state index is 0.0297. The number of carbonyl (C=O) groups excluding carboxylic acids is 1. The predicted molar refractivity (Wildman–Crippen MR) is 97.2 cm³/mol. The molecule has 1 aromatic heterocycles. The van der Waals surface area contributed by atoms with Gasteiger partial charge in [-0.25, -0.2) is 0 Å². The maximum Gasteiger partial charge on any atom is 0.252 e. The Kier molecular flexibility index (Phi) is 4.76. The topological polar surface area (TPSA) is 94.7 Å².